The quantitative estimate of drug-likeness (QED) is 0.618. The average molecular weight is 298 g/mol. The predicted octanol–water partition coefficient (Wildman–Crippen LogP) is 4.97. The third-order valence-electron chi connectivity index (χ3n) is 3.00. The summed E-state index contributed by atoms with van der Waals surface area (Å²) in [5, 5.41) is 1.15. The summed E-state index contributed by atoms with van der Waals surface area (Å²) in [6, 6.07) is 18.7. The molecule has 0 radical (unpaired) electrons. The molecule has 2 aromatic carbocycles. The van der Waals surface area contributed by atoms with Crippen LogP contribution in [-0.2, 0) is 0 Å². The predicted molar refractivity (Wildman–Crippen MR) is 79.6 cm³/mol. The largest absolute Gasteiger partial charge is 0.247 e. The second kappa shape index (κ2) is 4.54. The first-order valence-electron chi connectivity index (χ1n) is 5.86. The van der Waals surface area contributed by atoms with Crippen molar-refractivity contribution < 1.29 is 0 Å². The molecule has 0 aliphatic carbocycles. The Hall–Kier alpha value is -1.67. The molecule has 0 saturated carbocycles. The lowest BCUT2D eigenvalue weighted by atomic mass is 10.1. The molecule has 0 amide bonds. The Kier molecular flexibility index (Phi) is 2.88. The SMILES string of the molecule is Cc1ccc(-c2nc3ccccc3cc2Br)cc1. The van der Waals surface area contributed by atoms with Crippen LogP contribution in [0.1, 0.15) is 5.56 Å². The number of aromatic nitrogens is 1. The highest BCUT2D eigenvalue weighted by Gasteiger charge is 2.06. The molecule has 2 heteroatoms. The molecule has 0 aliphatic rings. The molecular weight excluding hydrogens is 286 g/mol. The van der Waals surface area contributed by atoms with Crippen molar-refractivity contribution >= 4 is 26.8 Å². The van der Waals surface area contributed by atoms with Gasteiger partial charge in [0.2, 0.25) is 0 Å². The second-order valence-electron chi connectivity index (χ2n) is 4.38. The van der Waals surface area contributed by atoms with E-state index in [0.717, 1.165) is 26.6 Å². The van der Waals surface area contributed by atoms with Gasteiger partial charge in [-0.25, -0.2) is 4.98 Å². The lowest BCUT2D eigenvalue weighted by Crippen LogP contribution is -1.87. The molecule has 1 heterocycles. The van der Waals surface area contributed by atoms with Crippen molar-refractivity contribution in [1.82, 2.24) is 4.98 Å². The van der Waals surface area contributed by atoms with Crippen molar-refractivity contribution in [3.8, 4) is 11.3 Å². The molecule has 0 saturated heterocycles. The molecule has 0 unspecified atom stereocenters. The van der Waals surface area contributed by atoms with Crippen LogP contribution in [0.15, 0.2) is 59.1 Å². The van der Waals surface area contributed by atoms with Crippen LogP contribution in [0.25, 0.3) is 22.2 Å². The van der Waals surface area contributed by atoms with E-state index in [9.17, 15) is 0 Å². The molecule has 3 rings (SSSR count). The van der Waals surface area contributed by atoms with Crippen molar-refractivity contribution in [1.29, 1.82) is 0 Å². The normalized spacial score (nSPS) is 10.8. The molecular formula is C16H12BrN. The highest BCUT2D eigenvalue weighted by molar-refractivity contribution is 9.10. The zero-order valence-corrected chi connectivity index (χ0v) is 11.6. The van der Waals surface area contributed by atoms with E-state index in [1.165, 1.54) is 5.56 Å². The Morgan fingerprint density at radius 3 is 2.44 bits per heavy atom. The van der Waals surface area contributed by atoms with E-state index in [1.807, 2.05) is 18.2 Å². The zero-order chi connectivity index (χ0) is 12.5. The highest BCUT2D eigenvalue weighted by Crippen LogP contribution is 2.29. The van der Waals surface area contributed by atoms with Crippen molar-refractivity contribution in [3.05, 3.63) is 64.6 Å². The van der Waals surface area contributed by atoms with Gasteiger partial charge in [0.1, 0.15) is 0 Å². The van der Waals surface area contributed by atoms with Crippen LogP contribution in [0.4, 0.5) is 0 Å². The number of fused-ring (bicyclic) bond motifs is 1. The fraction of sp³-hybridized carbons (Fsp3) is 0.0625. The number of nitrogens with zero attached hydrogens (tertiary/aromatic N) is 1. The molecule has 0 atom stereocenters. The number of halogens is 1. The van der Waals surface area contributed by atoms with Crippen LogP contribution in [0.3, 0.4) is 0 Å². The fourth-order valence-electron chi connectivity index (χ4n) is 2.00. The monoisotopic (exact) mass is 297 g/mol. The third kappa shape index (κ3) is 2.04. The van der Waals surface area contributed by atoms with Gasteiger partial charge in [0.05, 0.1) is 11.2 Å². The minimum atomic E-state index is 0.994. The Labute approximate surface area is 115 Å². The summed E-state index contributed by atoms with van der Waals surface area (Å²) in [6.45, 7) is 2.09. The second-order valence-corrected chi connectivity index (χ2v) is 5.23. The summed E-state index contributed by atoms with van der Waals surface area (Å²) in [4.78, 5) is 4.73. The maximum Gasteiger partial charge on any atom is 0.0851 e. The van der Waals surface area contributed by atoms with Gasteiger partial charge in [0.25, 0.3) is 0 Å². The molecule has 1 nitrogen and oxygen atoms in total. The van der Waals surface area contributed by atoms with Crippen LogP contribution >= 0.6 is 15.9 Å². The van der Waals surface area contributed by atoms with E-state index in [2.05, 4.69) is 59.3 Å². The maximum absolute atomic E-state index is 4.73. The van der Waals surface area contributed by atoms with Gasteiger partial charge in [-0.3, -0.25) is 0 Å². The first kappa shape index (κ1) is 11.4. The van der Waals surface area contributed by atoms with Crippen molar-refractivity contribution in [2.45, 2.75) is 6.92 Å². The van der Waals surface area contributed by atoms with Gasteiger partial charge in [-0.2, -0.15) is 0 Å². The van der Waals surface area contributed by atoms with Crippen molar-refractivity contribution in [2.24, 2.45) is 0 Å². The van der Waals surface area contributed by atoms with Gasteiger partial charge in [-0.1, -0.05) is 48.0 Å². The summed E-state index contributed by atoms with van der Waals surface area (Å²) in [6.07, 6.45) is 0. The molecule has 0 fully saturated rings. The summed E-state index contributed by atoms with van der Waals surface area (Å²) in [5.41, 5.74) is 4.42. The lowest BCUT2D eigenvalue weighted by Gasteiger charge is -2.06. The number of rotatable bonds is 1. The Morgan fingerprint density at radius 1 is 0.944 bits per heavy atom. The number of para-hydroxylation sites is 1. The Balaban J connectivity index is 2.22. The van der Waals surface area contributed by atoms with E-state index in [0.29, 0.717) is 0 Å². The third-order valence-corrected chi connectivity index (χ3v) is 3.61. The number of hydrogen-bond donors (Lipinski definition) is 0. The van der Waals surface area contributed by atoms with Gasteiger partial charge >= 0.3 is 0 Å². The summed E-state index contributed by atoms with van der Waals surface area (Å²) in [5.74, 6) is 0. The topological polar surface area (TPSA) is 12.9 Å². The summed E-state index contributed by atoms with van der Waals surface area (Å²) in [7, 11) is 0. The lowest BCUT2D eigenvalue weighted by molar-refractivity contribution is 1.37. The molecule has 0 bridgehead atoms. The molecule has 18 heavy (non-hydrogen) atoms. The fourth-order valence-corrected chi connectivity index (χ4v) is 2.57. The highest BCUT2D eigenvalue weighted by atomic mass is 79.9. The summed E-state index contributed by atoms with van der Waals surface area (Å²) < 4.78 is 1.03. The zero-order valence-electron chi connectivity index (χ0n) is 10.0. The van der Waals surface area contributed by atoms with E-state index in [1.54, 1.807) is 0 Å². The van der Waals surface area contributed by atoms with Gasteiger partial charge in [-0.05, 0) is 35.0 Å². The van der Waals surface area contributed by atoms with Gasteiger partial charge in [0.15, 0.2) is 0 Å². The number of aryl methyl sites for hydroxylation is 1. The van der Waals surface area contributed by atoms with Crippen molar-refractivity contribution in [3.63, 3.8) is 0 Å². The maximum atomic E-state index is 4.73. The first-order valence-corrected chi connectivity index (χ1v) is 6.66. The molecule has 1 aromatic heterocycles. The smallest absolute Gasteiger partial charge is 0.0851 e. The number of hydrogen-bond acceptors (Lipinski definition) is 1. The van der Waals surface area contributed by atoms with E-state index >= 15 is 0 Å². The van der Waals surface area contributed by atoms with E-state index in [4.69, 9.17) is 4.98 Å². The number of benzene rings is 2. The van der Waals surface area contributed by atoms with Crippen LogP contribution < -0.4 is 0 Å². The van der Waals surface area contributed by atoms with Crippen LogP contribution in [0.5, 0.6) is 0 Å². The molecule has 0 N–H and O–H groups in total. The Bertz CT molecular complexity index is 702. The van der Waals surface area contributed by atoms with Crippen LogP contribution in [-0.4, -0.2) is 4.98 Å². The van der Waals surface area contributed by atoms with E-state index < -0.39 is 0 Å². The van der Waals surface area contributed by atoms with Crippen LogP contribution in [0.2, 0.25) is 0 Å². The van der Waals surface area contributed by atoms with Gasteiger partial charge < -0.3 is 0 Å². The molecule has 0 spiro atoms. The minimum Gasteiger partial charge on any atom is -0.247 e. The summed E-state index contributed by atoms with van der Waals surface area (Å²) >= 11 is 3.61. The van der Waals surface area contributed by atoms with Gasteiger partial charge in [0, 0.05) is 15.4 Å². The van der Waals surface area contributed by atoms with Crippen molar-refractivity contribution in [2.75, 3.05) is 0 Å². The average Bonchev–Trinajstić information content (AvgIpc) is 2.39. The first-order chi connectivity index (χ1) is 8.74. The number of pyridine rings is 1. The van der Waals surface area contributed by atoms with Gasteiger partial charge in [-0.15, -0.1) is 0 Å². The Morgan fingerprint density at radius 2 is 1.67 bits per heavy atom. The van der Waals surface area contributed by atoms with E-state index in [-0.39, 0.29) is 0 Å². The molecule has 3 aromatic rings. The standard InChI is InChI=1S/C16H12BrN/c1-11-6-8-12(9-7-11)16-14(17)10-13-4-2-3-5-15(13)18-16/h2-10H,1H3. The minimum absolute atomic E-state index is 0.994. The molecule has 88 valence electrons. The van der Waals surface area contributed by atoms with Crippen LogP contribution in [0, 0.1) is 6.92 Å². The molecule has 0 aliphatic heterocycles.